The Bertz CT molecular complexity index is 1020. The number of aliphatic imine (C=N–C) groups is 1. The minimum atomic E-state index is 0. The number of oxazole rings is 1. The van der Waals surface area contributed by atoms with Crippen LogP contribution in [0.25, 0.3) is 11.3 Å². The van der Waals surface area contributed by atoms with Gasteiger partial charge < -0.3 is 24.5 Å². The van der Waals surface area contributed by atoms with Crippen LogP contribution in [0.15, 0.2) is 64.1 Å². The first-order valence-corrected chi connectivity index (χ1v) is 10.5. The zero-order chi connectivity index (χ0) is 21.5. The predicted octanol–water partition coefficient (Wildman–Crippen LogP) is 4.30. The Kier molecular flexibility index (Phi) is 8.92. The Morgan fingerprint density at radius 1 is 1.16 bits per heavy atom. The van der Waals surface area contributed by atoms with E-state index in [0.29, 0.717) is 31.5 Å². The molecule has 1 atom stereocenters. The Hall–Kier alpha value is -2.59. The second-order valence-corrected chi connectivity index (χ2v) is 7.48. The Morgan fingerprint density at radius 2 is 1.97 bits per heavy atom. The van der Waals surface area contributed by atoms with E-state index in [0.717, 1.165) is 35.7 Å². The lowest BCUT2D eigenvalue weighted by atomic mass is 10.1. The van der Waals surface area contributed by atoms with Gasteiger partial charge in [-0.3, -0.25) is 4.99 Å². The summed E-state index contributed by atoms with van der Waals surface area (Å²) in [6.07, 6.45) is 2.78. The first-order valence-electron chi connectivity index (χ1n) is 10.5. The summed E-state index contributed by atoms with van der Waals surface area (Å²) in [5.74, 6) is 2.90. The van der Waals surface area contributed by atoms with Crippen LogP contribution in [0.5, 0.6) is 5.75 Å². The van der Waals surface area contributed by atoms with E-state index in [2.05, 4.69) is 45.7 Å². The summed E-state index contributed by atoms with van der Waals surface area (Å²) in [6, 6.07) is 16.2. The molecule has 4 rings (SSSR count). The van der Waals surface area contributed by atoms with Crippen LogP contribution in [0.1, 0.15) is 23.4 Å². The number of benzene rings is 2. The van der Waals surface area contributed by atoms with Gasteiger partial charge in [0.25, 0.3) is 0 Å². The largest absolute Gasteiger partial charge is 0.488 e. The van der Waals surface area contributed by atoms with Crippen molar-refractivity contribution in [2.24, 2.45) is 4.99 Å². The van der Waals surface area contributed by atoms with Crippen molar-refractivity contribution in [3.63, 3.8) is 0 Å². The van der Waals surface area contributed by atoms with Crippen LogP contribution in [0.2, 0.25) is 0 Å². The molecular weight excluding hydrogens is 519 g/mol. The molecule has 0 amide bonds. The number of nitrogens with one attached hydrogen (secondary N) is 2. The maximum atomic E-state index is 6.18. The van der Waals surface area contributed by atoms with Gasteiger partial charge in [0, 0.05) is 31.1 Å². The molecule has 2 aromatic carbocycles. The van der Waals surface area contributed by atoms with Gasteiger partial charge in [-0.1, -0.05) is 42.5 Å². The molecule has 0 radical (unpaired) electrons. The molecule has 170 valence electrons. The van der Waals surface area contributed by atoms with E-state index in [1.165, 1.54) is 5.56 Å². The molecule has 1 aromatic heterocycles. The summed E-state index contributed by atoms with van der Waals surface area (Å²) in [7, 11) is 1.74. The lowest BCUT2D eigenvalue weighted by Crippen LogP contribution is -2.36. The highest BCUT2D eigenvalue weighted by Crippen LogP contribution is 2.24. The average Bonchev–Trinajstić information content (AvgIpc) is 3.48. The Morgan fingerprint density at radius 3 is 2.72 bits per heavy atom. The lowest BCUT2D eigenvalue weighted by molar-refractivity contribution is 0.140. The third-order valence-corrected chi connectivity index (χ3v) is 5.09. The number of halogens is 1. The number of aromatic nitrogens is 1. The van der Waals surface area contributed by atoms with Crippen LogP contribution in [0.3, 0.4) is 0 Å². The van der Waals surface area contributed by atoms with Gasteiger partial charge in [-0.2, -0.15) is 0 Å². The third-order valence-electron chi connectivity index (χ3n) is 5.09. The molecule has 1 fully saturated rings. The van der Waals surface area contributed by atoms with Gasteiger partial charge in [0.1, 0.15) is 11.9 Å². The molecule has 1 aliphatic rings. The molecule has 0 bridgehead atoms. The van der Waals surface area contributed by atoms with Crippen molar-refractivity contribution < 1.29 is 13.9 Å². The monoisotopic (exact) mass is 548 g/mol. The minimum absolute atomic E-state index is 0. The van der Waals surface area contributed by atoms with Crippen molar-refractivity contribution in [2.75, 3.05) is 20.3 Å². The van der Waals surface area contributed by atoms with Gasteiger partial charge >= 0.3 is 0 Å². The molecule has 2 heterocycles. The van der Waals surface area contributed by atoms with E-state index in [-0.39, 0.29) is 30.1 Å². The molecule has 2 N–H and O–H groups in total. The SMILES string of the molecule is CN=C(NCc1ncc(-c2ccccc2)o1)NCc1ccc(C)cc1OC1CCOC1.I. The zero-order valence-electron chi connectivity index (χ0n) is 18.3. The molecule has 0 saturated carbocycles. The smallest absolute Gasteiger partial charge is 0.214 e. The molecule has 1 saturated heterocycles. The first-order chi connectivity index (χ1) is 15.2. The number of hydrogen-bond donors (Lipinski definition) is 2. The highest BCUT2D eigenvalue weighted by molar-refractivity contribution is 14.0. The molecule has 3 aromatic rings. The van der Waals surface area contributed by atoms with Crippen molar-refractivity contribution in [1.29, 1.82) is 0 Å². The fraction of sp³-hybridized carbons (Fsp3) is 0.333. The fourth-order valence-electron chi connectivity index (χ4n) is 3.39. The second kappa shape index (κ2) is 11.9. The minimum Gasteiger partial charge on any atom is -0.488 e. The van der Waals surface area contributed by atoms with Crippen LogP contribution in [-0.2, 0) is 17.8 Å². The zero-order valence-corrected chi connectivity index (χ0v) is 20.7. The molecular formula is C24H29IN4O3. The van der Waals surface area contributed by atoms with Crippen LogP contribution >= 0.6 is 24.0 Å². The number of nitrogens with zero attached hydrogens (tertiary/aromatic N) is 2. The summed E-state index contributed by atoms with van der Waals surface area (Å²) in [5, 5.41) is 6.58. The molecule has 32 heavy (non-hydrogen) atoms. The summed E-state index contributed by atoms with van der Waals surface area (Å²) in [6.45, 7) is 4.49. The normalized spacial score (nSPS) is 15.8. The van der Waals surface area contributed by atoms with E-state index >= 15 is 0 Å². The lowest BCUT2D eigenvalue weighted by Gasteiger charge is -2.17. The van der Waals surface area contributed by atoms with Gasteiger partial charge in [-0.15, -0.1) is 24.0 Å². The standard InChI is InChI=1S/C24H28N4O3.HI/c1-17-8-9-19(21(12-17)30-20-10-11-29-16-20)13-27-24(25-2)28-15-23-26-14-22(31-23)18-6-4-3-5-7-18;/h3-9,12,14,20H,10-11,13,15-16H2,1-2H3,(H2,25,27,28);1H. The van der Waals surface area contributed by atoms with Gasteiger partial charge in [-0.05, 0) is 18.6 Å². The van der Waals surface area contributed by atoms with Crippen molar-refractivity contribution in [2.45, 2.75) is 32.5 Å². The maximum absolute atomic E-state index is 6.18. The first kappa shape index (κ1) is 24.1. The number of ether oxygens (including phenoxy) is 2. The van der Waals surface area contributed by atoms with E-state index in [1.54, 1.807) is 13.2 Å². The van der Waals surface area contributed by atoms with Gasteiger partial charge in [0.2, 0.25) is 5.89 Å². The Labute approximate surface area is 205 Å². The average molecular weight is 548 g/mol. The summed E-state index contributed by atoms with van der Waals surface area (Å²) >= 11 is 0. The number of rotatable bonds is 7. The molecule has 8 heteroatoms. The van der Waals surface area contributed by atoms with E-state index in [4.69, 9.17) is 13.9 Å². The van der Waals surface area contributed by atoms with Gasteiger partial charge in [-0.25, -0.2) is 4.98 Å². The quantitative estimate of drug-likeness (QED) is 0.261. The van der Waals surface area contributed by atoms with Crippen molar-refractivity contribution >= 4 is 29.9 Å². The van der Waals surface area contributed by atoms with E-state index in [9.17, 15) is 0 Å². The van der Waals surface area contributed by atoms with Crippen LogP contribution in [0, 0.1) is 6.92 Å². The molecule has 0 spiro atoms. The maximum Gasteiger partial charge on any atom is 0.214 e. The number of hydrogen-bond acceptors (Lipinski definition) is 5. The third kappa shape index (κ3) is 6.46. The molecule has 0 aliphatic carbocycles. The highest BCUT2D eigenvalue weighted by atomic mass is 127. The van der Waals surface area contributed by atoms with Crippen LogP contribution < -0.4 is 15.4 Å². The summed E-state index contributed by atoms with van der Waals surface area (Å²) < 4.78 is 17.5. The van der Waals surface area contributed by atoms with Gasteiger partial charge in [0.15, 0.2) is 11.7 Å². The summed E-state index contributed by atoms with van der Waals surface area (Å²) in [5.41, 5.74) is 3.24. The van der Waals surface area contributed by atoms with Crippen molar-refractivity contribution in [3.8, 4) is 17.1 Å². The van der Waals surface area contributed by atoms with Crippen molar-refractivity contribution in [3.05, 3.63) is 71.7 Å². The second-order valence-electron chi connectivity index (χ2n) is 7.48. The van der Waals surface area contributed by atoms with E-state index in [1.807, 2.05) is 30.3 Å². The molecule has 7 nitrogen and oxygen atoms in total. The van der Waals surface area contributed by atoms with E-state index < -0.39 is 0 Å². The number of aryl methyl sites for hydroxylation is 1. The topological polar surface area (TPSA) is 80.9 Å². The Balaban J connectivity index is 0.00000289. The molecule has 1 aliphatic heterocycles. The van der Waals surface area contributed by atoms with Crippen LogP contribution in [0.4, 0.5) is 0 Å². The fourth-order valence-corrected chi connectivity index (χ4v) is 3.39. The van der Waals surface area contributed by atoms with Crippen LogP contribution in [-0.4, -0.2) is 37.3 Å². The van der Waals surface area contributed by atoms with Crippen molar-refractivity contribution in [1.82, 2.24) is 15.6 Å². The highest BCUT2D eigenvalue weighted by Gasteiger charge is 2.19. The predicted molar refractivity (Wildman–Crippen MR) is 135 cm³/mol. The summed E-state index contributed by atoms with van der Waals surface area (Å²) in [4.78, 5) is 8.65. The van der Waals surface area contributed by atoms with Gasteiger partial charge in [0.05, 0.1) is 26.0 Å². The number of guanidine groups is 1. The molecule has 1 unspecified atom stereocenters.